The summed E-state index contributed by atoms with van der Waals surface area (Å²) < 4.78 is 27.4. The second-order valence-electron chi connectivity index (χ2n) is 7.00. The maximum atomic E-state index is 15.0. The van der Waals surface area contributed by atoms with Gasteiger partial charge in [0.15, 0.2) is 5.00 Å². The van der Waals surface area contributed by atoms with Gasteiger partial charge in [-0.25, -0.2) is 4.39 Å². The van der Waals surface area contributed by atoms with Crippen LogP contribution in [0.4, 0.5) is 4.39 Å². The highest BCUT2D eigenvalue weighted by atomic mass is 32.2. The van der Waals surface area contributed by atoms with E-state index in [1.165, 1.54) is 5.56 Å². The Labute approximate surface area is 134 Å². The van der Waals surface area contributed by atoms with E-state index in [0.717, 1.165) is 5.56 Å². The molecule has 22 heavy (non-hydrogen) atoms. The molecule has 0 aliphatic heterocycles. The molecule has 0 heterocycles. The normalized spacial score (nSPS) is 25.7. The molecule has 0 radical (unpaired) electrons. The second-order valence-corrected chi connectivity index (χ2v) is 8.68. The first kappa shape index (κ1) is 15.4. The van der Waals surface area contributed by atoms with E-state index in [1.54, 1.807) is 24.3 Å². The molecule has 0 amide bonds. The average Bonchev–Trinajstić information content (AvgIpc) is 3.20. The van der Waals surface area contributed by atoms with Gasteiger partial charge in [0.05, 0.1) is 10.8 Å². The number of halogens is 1. The van der Waals surface area contributed by atoms with Gasteiger partial charge in [0, 0.05) is 17.2 Å². The van der Waals surface area contributed by atoms with Gasteiger partial charge in [-0.05, 0) is 28.7 Å². The lowest BCUT2D eigenvalue weighted by Gasteiger charge is -2.19. The lowest BCUT2D eigenvalue weighted by Crippen LogP contribution is -2.13. The Morgan fingerprint density at radius 1 is 1.05 bits per heavy atom. The Morgan fingerprint density at radius 2 is 1.64 bits per heavy atom. The first-order valence-electron chi connectivity index (χ1n) is 7.59. The number of alkyl halides is 1. The lowest BCUT2D eigenvalue weighted by molar-refractivity contribution is 0.411. The van der Waals surface area contributed by atoms with Gasteiger partial charge in [-0.15, -0.1) is 0 Å². The molecule has 3 heteroatoms. The van der Waals surface area contributed by atoms with Gasteiger partial charge in [0.25, 0.3) is 0 Å². The van der Waals surface area contributed by atoms with Crippen molar-refractivity contribution in [2.75, 3.05) is 0 Å². The summed E-state index contributed by atoms with van der Waals surface area (Å²) in [4.78, 5) is 0.568. The molecule has 3 atom stereocenters. The fourth-order valence-corrected chi connectivity index (χ4v) is 4.26. The maximum Gasteiger partial charge on any atom is 0.197 e. The standard InChI is InChI=1S/C19H21FOS/c1-18(2,3)15-11-9-14(10-12-15)17-13-19(17,20)22(21)16-7-5-4-6-8-16/h4-12,17H,13H2,1-3H3. The predicted molar refractivity (Wildman–Crippen MR) is 89.2 cm³/mol. The fraction of sp³-hybridized carbons (Fsp3) is 0.368. The van der Waals surface area contributed by atoms with E-state index in [-0.39, 0.29) is 11.3 Å². The third-order valence-electron chi connectivity index (χ3n) is 4.29. The fourth-order valence-electron chi connectivity index (χ4n) is 2.75. The molecule has 2 aromatic carbocycles. The van der Waals surface area contributed by atoms with E-state index in [1.807, 2.05) is 18.2 Å². The third-order valence-corrected chi connectivity index (χ3v) is 6.06. The van der Waals surface area contributed by atoms with Gasteiger partial charge in [0.2, 0.25) is 0 Å². The summed E-state index contributed by atoms with van der Waals surface area (Å²) in [6, 6.07) is 17.0. The van der Waals surface area contributed by atoms with Gasteiger partial charge in [-0.1, -0.05) is 63.2 Å². The molecule has 1 nitrogen and oxygen atoms in total. The Balaban J connectivity index is 1.80. The molecular weight excluding hydrogens is 295 g/mol. The van der Waals surface area contributed by atoms with Crippen molar-refractivity contribution in [3.8, 4) is 0 Å². The Bertz CT molecular complexity index is 688. The molecule has 2 aromatic rings. The minimum atomic E-state index is -1.62. The summed E-state index contributed by atoms with van der Waals surface area (Å²) in [7, 11) is -1.61. The Morgan fingerprint density at radius 3 is 2.18 bits per heavy atom. The van der Waals surface area contributed by atoms with Crippen LogP contribution in [0.3, 0.4) is 0 Å². The van der Waals surface area contributed by atoms with Gasteiger partial charge in [0.1, 0.15) is 0 Å². The SMILES string of the molecule is CC(C)(C)c1ccc(C2CC2(F)S(=O)c2ccccc2)cc1. The van der Waals surface area contributed by atoms with Crippen LogP contribution in [0.1, 0.15) is 44.2 Å². The largest absolute Gasteiger partial charge is 0.251 e. The van der Waals surface area contributed by atoms with Crippen molar-refractivity contribution in [3.63, 3.8) is 0 Å². The molecule has 0 bridgehead atoms. The number of hydrogen-bond acceptors (Lipinski definition) is 1. The highest BCUT2D eigenvalue weighted by molar-refractivity contribution is 7.86. The van der Waals surface area contributed by atoms with Crippen LogP contribution < -0.4 is 0 Å². The van der Waals surface area contributed by atoms with Gasteiger partial charge in [-0.2, -0.15) is 0 Å². The minimum Gasteiger partial charge on any atom is -0.251 e. The van der Waals surface area contributed by atoms with Gasteiger partial charge < -0.3 is 0 Å². The Hall–Kier alpha value is -1.48. The van der Waals surface area contributed by atoms with Crippen molar-refractivity contribution in [2.24, 2.45) is 0 Å². The molecule has 0 N–H and O–H groups in total. The summed E-state index contributed by atoms with van der Waals surface area (Å²) in [6.45, 7) is 6.47. The molecule has 1 aliphatic rings. The van der Waals surface area contributed by atoms with E-state index in [9.17, 15) is 8.60 Å². The highest BCUT2D eigenvalue weighted by Crippen LogP contribution is 2.58. The zero-order valence-corrected chi connectivity index (χ0v) is 14.0. The molecule has 0 aromatic heterocycles. The summed E-state index contributed by atoms with van der Waals surface area (Å²) in [6.07, 6.45) is 0.337. The first-order valence-corrected chi connectivity index (χ1v) is 8.73. The second kappa shape index (κ2) is 5.31. The van der Waals surface area contributed by atoms with E-state index >= 15 is 0 Å². The number of hydrogen-bond donors (Lipinski definition) is 0. The van der Waals surface area contributed by atoms with Crippen LogP contribution in [0.2, 0.25) is 0 Å². The van der Waals surface area contributed by atoms with E-state index < -0.39 is 15.8 Å². The summed E-state index contributed by atoms with van der Waals surface area (Å²) in [5, 5.41) is -1.62. The van der Waals surface area contributed by atoms with Crippen LogP contribution in [0.25, 0.3) is 0 Å². The zero-order valence-electron chi connectivity index (χ0n) is 13.2. The number of benzene rings is 2. The number of rotatable bonds is 3. The van der Waals surface area contributed by atoms with Crippen LogP contribution >= 0.6 is 0 Å². The predicted octanol–water partition coefficient (Wildman–Crippen LogP) is 4.95. The third kappa shape index (κ3) is 2.74. The van der Waals surface area contributed by atoms with Gasteiger partial charge in [-0.3, -0.25) is 4.21 Å². The van der Waals surface area contributed by atoms with Crippen molar-refractivity contribution in [2.45, 2.75) is 48.4 Å². The molecule has 1 saturated carbocycles. The molecule has 116 valence electrons. The van der Waals surface area contributed by atoms with Crippen LogP contribution in [0.5, 0.6) is 0 Å². The Kier molecular flexibility index (Phi) is 3.72. The molecule has 3 unspecified atom stereocenters. The van der Waals surface area contributed by atoms with Crippen LogP contribution in [0.15, 0.2) is 59.5 Å². The monoisotopic (exact) mass is 316 g/mol. The van der Waals surface area contributed by atoms with Crippen LogP contribution in [-0.4, -0.2) is 9.21 Å². The van der Waals surface area contributed by atoms with Crippen molar-refractivity contribution in [1.82, 2.24) is 0 Å². The maximum absolute atomic E-state index is 15.0. The summed E-state index contributed by atoms with van der Waals surface area (Å²) in [5.41, 5.74) is 2.26. The lowest BCUT2D eigenvalue weighted by atomic mass is 9.86. The molecule has 0 spiro atoms. The first-order chi connectivity index (χ1) is 10.3. The van der Waals surface area contributed by atoms with Gasteiger partial charge >= 0.3 is 0 Å². The van der Waals surface area contributed by atoms with Crippen molar-refractivity contribution < 1.29 is 8.60 Å². The van der Waals surface area contributed by atoms with Crippen molar-refractivity contribution in [3.05, 3.63) is 65.7 Å². The van der Waals surface area contributed by atoms with E-state index in [4.69, 9.17) is 0 Å². The average molecular weight is 316 g/mol. The van der Waals surface area contributed by atoms with Crippen LogP contribution in [0, 0.1) is 0 Å². The molecule has 3 rings (SSSR count). The highest BCUT2D eigenvalue weighted by Gasteiger charge is 2.61. The van der Waals surface area contributed by atoms with E-state index in [0.29, 0.717) is 11.3 Å². The minimum absolute atomic E-state index is 0.0851. The zero-order chi connectivity index (χ0) is 16.0. The molecule has 1 fully saturated rings. The summed E-state index contributed by atoms with van der Waals surface area (Å²) in [5.74, 6) is -0.262. The quantitative estimate of drug-likeness (QED) is 0.783. The topological polar surface area (TPSA) is 17.1 Å². The van der Waals surface area contributed by atoms with Crippen molar-refractivity contribution in [1.29, 1.82) is 0 Å². The van der Waals surface area contributed by atoms with Crippen LogP contribution in [-0.2, 0) is 16.2 Å². The summed E-state index contributed by atoms with van der Waals surface area (Å²) >= 11 is 0. The van der Waals surface area contributed by atoms with E-state index in [2.05, 4.69) is 32.9 Å². The smallest absolute Gasteiger partial charge is 0.197 e. The molecule has 0 saturated heterocycles. The molecule has 1 aliphatic carbocycles. The van der Waals surface area contributed by atoms with Crippen molar-refractivity contribution >= 4 is 10.8 Å². The molecular formula is C19H21FOS.